The lowest BCUT2D eigenvalue weighted by molar-refractivity contribution is -0.0679. The van der Waals surface area contributed by atoms with Gasteiger partial charge in [0.25, 0.3) is 0 Å². The molecular formula is C12H27NO2. The fraction of sp³-hybridized carbons (Fsp3) is 1.00. The average Bonchev–Trinajstić information content (AvgIpc) is 2.23. The minimum Gasteiger partial charge on any atom is -0.359 e. The van der Waals surface area contributed by atoms with E-state index in [4.69, 9.17) is 9.47 Å². The molecule has 0 amide bonds. The highest BCUT2D eigenvalue weighted by atomic mass is 16.7. The van der Waals surface area contributed by atoms with Crippen LogP contribution in [0.2, 0.25) is 0 Å². The molecule has 0 heterocycles. The van der Waals surface area contributed by atoms with Crippen LogP contribution in [0.1, 0.15) is 45.4 Å². The van der Waals surface area contributed by atoms with Crippen LogP contribution >= 0.6 is 0 Å². The first-order chi connectivity index (χ1) is 7.31. The third kappa shape index (κ3) is 11.8. The molecule has 0 aromatic heterocycles. The second-order valence-electron chi connectivity index (χ2n) is 4.09. The van der Waals surface area contributed by atoms with Crippen LogP contribution in [0.25, 0.3) is 0 Å². The molecule has 0 unspecified atom stereocenters. The number of nitrogens with zero attached hydrogens (tertiary/aromatic N) is 1. The van der Waals surface area contributed by atoms with E-state index in [1.807, 2.05) is 0 Å². The number of methoxy groups -OCH3 is 1. The Labute approximate surface area is 94.7 Å². The van der Waals surface area contributed by atoms with E-state index < -0.39 is 0 Å². The molecule has 0 aliphatic rings. The van der Waals surface area contributed by atoms with Crippen LogP contribution < -0.4 is 0 Å². The third-order valence-electron chi connectivity index (χ3n) is 2.41. The summed E-state index contributed by atoms with van der Waals surface area (Å²) in [5, 5.41) is 0. The van der Waals surface area contributed by atoms with Gasteiger partial charge in [-0.05, 0) is 20.0 Å². The van der Waals surface area contributed by atoms with E-state index in [1.54, 1.807) is 7.11 Å². The molecule has 0 fully saturated rings. The van der Waals surface area contributed by atoms with Crippen LogP contribution in [0.15, 0.2) is 0 Å². The summed E-state index contributed by atoms with van der Waals surface area (Å²) in [6, 6.07) is 0. The summed E-state index contributed by atoms with van der Waals surface area (Å²) in [6.45, 7) is 4.43. The largest absolute Gasteiger partial charge is 0.359 e. The van der Waals surface area contributed by atoms with Crippen LogP contribution in [-0.4, -0.2) is 39.1 Å². The van der Waals surface area contributed by atoms with Gasteiger partial charge >= 0.3 is 0 Å². The Morgan fingerprint density at radius 3 is 2.33 bits per heavy atom. The topological polar surface area (TPSA) is 21.7 Å². The van der Waals surface area contributed by atoms with Crippen molar-refractivity contribution < 1.29 is 9.47 Å². The monoisotopic (exact) mass is 217 g/mol. The smallest absolute Gasteiger partial charge is 0.148 e. The third-order valence-corrected chi connectivity index (χ3v) is 2.41. The van der Waals surface area contributed by atoms with Gasteiger partial charge in [0.2, 0.25) is 0 Å². The maximum atomic E-state index is 5.24. The molecular weight excluding hydrogens is 190 g/mol. The maximum absolute atomic E-state index is 5.24. The molecule has 0 aromatic rings. The Morgan fingerprint density at radius 2 is 1.67 bits per heavy atom. The van der Waals surface area contributed by atoms with E-state index in [0.717, 1.165) is 6.54 Å². The summed E-state index contributed by atoms with van der Waals surface area (Å²) >= 11 is 0. The molecule has 0 saturated heterocycles. The van der Waals surface area contributed by atoms with E-state index >= 15 is 0 Å². The van der Waals surface area contributed by atoms with Crippen molar-refractivity contribution in [3.8, 4) is 0 Å². The molecule has 0 spiro atoms. The van der Waals surface area contributed by atoms with Gasteiger partial charge in [0.05, 0.1) is 0 Å². The number of rotatable bonds is 11. The van der Waals surface area contributed by atoms with Crippen LogP contribution in [0, 0.1) is 0 Å². The number of hydrogen-bond acceptors (Lipinski definition) is 3. The van der Waals surface area contributed by atoms with Crippen molar-refractivity contribution in [1.29, 1.82) is 0 Å². The van der Waals surface area contributed by atoms with E-state index in [-0.39, 0.29) is 0 Å². The summed E-state index contributed by atoms with van der Waals surface area (Å²) in [7, 11) is 3.73. The summed E-state index contributed by atoms with van der Waals surface area (Å²) < 4.78 is 10.1. The second kappa shape index (κ2) is 12.0. The maximum Gasteiger partial charge on any atom is 0.148 e. The van der Waals surface area contributed by atoms with Gasteiger partial charge in [-0.25, -0.2) is 0 Å². The Balaban J connectivity index is 3.06. The highest BCUT2D eigenvalue weighted by molar-refractivity contribution is 4.48. The lowest BCUT2D eigenvalue weighted by Gasteiger charge is -2.15. The number of hydrogen-bond donors (Lipinski definition) is 0. The molecule has 0 radical (unpaired) electrons. The van der Waals surface area contributed by atoms with Gasteiger partial charge in [-0.3, -0.25) is 4.90 Å². The van der Waals surface area contributed by atoms with Crippen LogP contribution in [0.3, 0.4) is 0 Å². The minimum absolute atomic E-state index is 0.390. The predicted octanol–water partition coefficient (Wildman–Crippen LogP) is 2.86. The van der Waals surface area contributed by atoms with Gasteiger partial charge in [0.15, 0.2) is 0 Å². The van der Waals surface area contributed by atoms with Crippen molar-refractivity contribution >= 4 is 0 Å². The molecule has 0 bridgehead atoms. The first kappa shape index (κ1) is 14.9. The van der Waals surface area contributed by atoms with Gasteiger partial charge in [-0.2, -0.15) is 0 Å². The zero-order valence-electron chi connectivity index (χ0n) is 10.6. The summed E-state index contributed by atoms with van der Waals surface area (Å²) in [5.74, 6) is 0. The molecule has 0 N–H and O–H groups in total. The highest BCUT2D eigenvalue weighted by Gasteiger charge is 1.97. The minimum atomic E-state index is 0.390. The summed E-state index contributed by atoms with van der Waals surface area (Å²) in [4.78, 5) is 2.19. The van der Waals surface area contributed by atoms with Crippen molar-refractivity contribution in [2.75, 3.05) is 34.2 Å². The second-order valence-corrected chi connectivity index (χ2v) is 4.09. The normalized spacial score (nSPS) is 11.2. The first-order valence-electron chi connectivity index (χ1n) is 6.06. The predicted molar refractivity (Wildman–Crippen MR) is 63.8 cm³/mol. The molecule has 15 heavy (non-hydrogen) atoms. The molecule has 0 saturated carbocycles. The van der Waals surface area contributed by atoms with Crippen molar-refractivity contribution in [1.82, 2.24) is 4.90 Å². The Hall–Kier alpha value is -0.120. The molecule has 0 atom stereocenters. The molecule has 0 aliphatic carbocycles. The molecule has 92 valence electrons. The van der Waals surface area contributed by atoms with E-state index in [2.05, 4.69) is 18.9 Å². The Bertz CT molecular complexity index is 120. The van der Waals surface area contributed by atoms with Gasteiger partial charge in [-0.1, -0.05) is 39.0 Å². The Morgan fingerprint density at radius 1 is 1.00 bits per heavy atom. The van der Waals surface area contributed by atoms with Gasteiger partial charge in [0, 0.05) is 7.11 Å². The summed E-state index contributed by atoms with van der Waals surface area (Å²) in [5.41, 5.74) is 0. The standard InChI is InChI=1S/C12H27NO2/c1-4-5-6-7-8-9-10-13(2)11-15-12-14-3/h4-12H2,1-3H3. The van der Waals surface area contributed by atoms with E-state index in [0.29, 0.717) is 13.5 Å². The average molecular weight is 217 g/mol. The Kier molecular flexibility index (Phi) is 11.9. The van der Waals surface area contributed by atoms with Gasteiger partial charge in [0.1, 0.15) is 13.5 Å². The fourth-order valence-corrected chi connectivity index (χ4v) is 1.50. The highest BCUT2D eigenvalue weighted by Crippen LogP contribution is 2.05. The molecule has 0 aromatic carbocycles. The number of unbranched alkanes of at least 4 members (excludes halogenated alkanes) is 5. The van der Waals surface area contributed by atoms with Gasteiger partial charge in [-0.15, -0.1) is 0 Å². The zero-order valence-corrected chi connectivity index (χ0v) is 10.6. The van der Waals surface area contributed by atoms with Gasteiger partial charge < -0.3 is 9.47 Å². The van der Waals surface area contributed by atoms with Crippen LogP contribution in [0.5, 0.6) is 0 Å². The molecule has 0 aliphatic heterocycles. The lowest BCUT2D eigenvalue weighted by atomic mass is 10.1. The van der Waals surface area contributed by atoms with Crippen LogP contribution in [-0.2, 0) is 9.47 Å². The quantitative estimate of drug-likeness (QED) is 0.392. The van der Waals surface area contributed by atoms with Crippen molar-refractivity contribution in [3.05, 3.63) is 0 Å². The molecule has 3 heteroatoms. The van der Waals surface area contributed by atoms with Crippen molar-refractivity contribution in [2.45, 2.75) is 45.4 Å². The molecule has 3 nitrogen and oxygen atoms in total. The van der Waals surface area contributed by atoms with E-state index in [1.165, 1.54) is 38.5 Å². The van der Waals surface area contributed by atoms with E-state index in [9.17, 15) is 0 Å². The molecule has 0 rings (SSSR count). The fourth-order valence-electron chi connectivity index (χ4n) is 1.50. The van der Waals surface area contributed by atoms with Crippen molar-refractivity contribution in [2.24, 2.45) is 0 Å². The number of ether oxygens (including phenoxy) is 2. The van der Waals surface area contributed by atoms with Crippen LogP contribution in [0.4, 0.5) is 0 Å². The summed E-state index contributed by atoms with van der Waals surface area (Å²) in [6.07, 6.45) is 8.09. The first-order valence-corrected chi connectivity index (χ1v) is 6.06. The zero-order chi connectivity index (χ0) is 11.4. The van der Waals surface area contributed by atoms with Crippen molar-refractivity contribution in [3.63, 3.8) is 0 Å². The lowest BCUT2D eigenvalue weighted by Crippen LogP contribution is -2.23. The SMILES string of the molecule is CCCCCCCCN(C)COCOC.